The monoisotopic (exact) mass is 404 g/mol. The smallest absolute Gasteiger partial charge is 0.224 e. The quantitative estimate of drug-likeness (QED) is 0.655. The predicted octanol–water partition coefficient (Wildman–Crippen LogP) is 2.75. The molecule has 0 atom stereocenters. The zero-order chi connectivity index (χ0) is 20.8. The second kappa shape index (κ2) is 9.63. The van der Waals surface area contributed by atoms with Crippen molar-refractivity contribution in [2.45, 2.75) is 39.3 Å². The summed E-state index contributed by atoms with van der Waals surface area (Å²) in [6.07, 6.45) is 4.46. The summed E-state index contributed by atoms with van der Waals surface area (Å²) in [6, 6.07) is 16.2. The average molecular weight is 405 g/mol. The van der Waals surface area contributed by atoms with E-state index in [-0.39, 0.29) is 5.91 Å². The second-order valence-electron chi connectivity index (χ2n) is 8.15. The minimum absolute atomic E-state index is 0.0144. The van der Waals surface area contributed by atoms with Crippen molar-refractivity contribution in [1.82, 2.24) is 30.4 Å². The molecule has 7 heteroatoms. The van der Waals surface area contributed by atoms with E-state index in [1.807, 2.05) is 24.3 Å². The number of rotatable bonds is 7. The highest BCUT2D eigenvalue weighted by Crippen LogP contribution is 2.18. The summed E-state index contributed by atoms with van der Waals surface area (Å²) in [5, 5.41) is 14.2. The van der Waals surface area contributed by atoms with Crippen LogP contribution in [0.2, 0.25) is 0 Å². The Morgan fingerprint density at radius 3 is 2.57 bits per heavy atom. The van der Waals surface area contributed by atoms with Gasteiger partial charge in [-0.2, -0.15) is 0 Å². The maximum absolute atomic E-state index is 12.4. The van der Waals surface area contributed by atoms with Gasteiger partial charge in [-0.15, -0.1) is 5.10 Å². The fourth-order valence-corrected chi connectivity index (χ4v) is 3.81. The van der Waals surface area contributed by atoms with Gasteiger partial charge in [0, 0.05) is 13.1 Å². The normalized spacial score (nSPS) is 15.2. The number of carbonyl (C=O) groups excluding carboxylic acids is 1. The number of nitrogens with zero attached hydrogens (tertiary/aromatic N) is 5. The van der Waals surface area contributed by atoms with Crippen molar-refractivity contribution >= 4 is 5.91 Å². The molecular weight excluding hydrogens is 376 g/mol. The Hall–Kier alpha value is -3.06. The van der Waals surface area contributed by atoms with Crippen molar-refractivity contribution in [1.29, 1.82) is 0 Å². The lowest BCUT2D eigenvalue weighted by molar-refractivity contribution is -0.120. The zero-order valence-electron chi connectivity index (χ0n) is 17.4. The number of tetrazole rings is 1. The number of piperidine rings is 1. The third kappa shape index (κ3) is 5.51. The molecule has 1 fully saturated rings. The van der Waals surface area contributed by atoms with Crippen molar-refractivity contribution in [3.8, 4) is 5.69 Å². The van der Waals surface area contributed by atoms with Gasteiger partial charge < -0.3 is 5.32 Å². The summed E-state index contributed by atoms with van der Waals surface area (Å²) >= 11 is 0. The highest BCUT2D eigenvalue weighted by molar-refractivity contribution is 5.78. The maximum Gasteiger partial charge on any atom is 0.224 e. The summed E-state index contributed by atoms with van der Waals surface area (Å²) in [6.45, 7) is 6.22. The van der Waals surface area contributed by atoms with E-state index >= 15 is 0 Å². The van der Waals surface area contributed by atoms with Gasteiger partial charge in [-0.25, -0.2) is 4.68 Å². The lowest BCUT2D eigenvalue weighted by Crippen LogP contribution is -2.32. The van der Waals surface area contributed by atoms with E-state index in [2.05, 4.69) is 56.9 Å². The van der Waals surface area contributed by atoms with Crippen LogP contribution in [0.4, 0.5) is 0 Å². The van der Waals surface area contributed by atoms with Crippen LogP contribution in [0, 0.1) is 5.92 Å². The van der Waals surface area contributed by atoms with Crippen LogP contribution in [0.25, 0.3) is 5.69 Å². The molecule has 0 spiro atoms. The van der Waals surface area contributed by atoms with Gasteiger partial charge in [0.2, 0.25) is 5.91 Å². The molecule has 3 aromatic rings. The van der Waals surface area contributed by atoms with Gasteiger partial charge in [0.1, 0.15) is 6.33 Å². The van der Waals surface area contributed by atoms with Crippen LogP contribution in [0.15, 0.2) is 54.9 Å². The summed E-state index contributed by atoms with van der Waals surface area (Å²) in [5.41, 5.74) is 4.27. The molecule has 156 valence electrons. The molecule has 2 aromatic carbocycles. The molecule has 1 N–H and O–H groups in total. The van der Waals surface area contributed by atoms with E-state index in [4.69, 9.17) is 0 Å². The van der Waals surface area contributed by atoms with Crippen LogP contribution in [0.5, 0.6) is 0 Å². The molecule has 30 heavy (non-hydrogen) atoms. The summed E-state index contributed by atoms with van der Waals surface area (Å²) < 4.78 is 1.58. The highest BCUT2D eigenvalue weighted by Gasteiger charge is 2.15. The third-order valence-corrected chi connectivity index (χ3v) is 5.68. The lowest BCUT2D eigenvalue weighted by atomic mass is 9.98. The van der Waals surface area contributed by atoms with Gasteiger partial charge in [0.25, 0.3) is 0 Å². The molecule has 2 heterocycles. The maximum atomic E-state index is 12.4. The Morgan fingerprint density at radius 2 is 1.83 bits per heavy atom. The van der Waals surface area contributed by atoms with E-state index in [1.54, 1.807) is 11.0 Å². The topological polar surface area (TPSA) is 75.9 Å². The molecule has 0 aliphatic carbocycles. The molecule has 1 amide bonds. The van der Waals surface area contributed by atoms with Gasteiger partial charge in [0.05, 0.1) is 12.1 Å². The van der Waals surface area contributed by atoms with Gasteiger partial charge in [-0.3, -0.25) is 9.69 Å². The lowest BCUT2D eigenvalue weighted by Gasteiger charge is -2.30. The molecule has 0 unspecified atom stereocenters. The molecule has 0 radical (unpaired) electrons. The van der Waals surface area contributed by atoms with Crippen molar-refractivity contribution in [2.75, 3.05) is 13.1 Å². The first-order valence-corrected chi connectivity index (χ1v) is 10.5. The average Bonchev–Trinajstić information content (AvgIpc) is 3.30. The number of nitrogens with one attached hydrogen (secondary N) is 1. The summed E-state index contributed by atoms with van der Waals surface area (Å²) in [5.74, 6) is 0.860. The Labute approximate surface area is 177 Å². The predicted molar refractivity (Wildman–Crippen MR) is 115 cm³/mol. The van der Waals surface area contributed by atoms with E-state index in [0.717, 1.165) is 29.3 Å². The fraction of sp³-hybridized carbons (Fsp3) is 0.391. The van der Waals surface area contributed by atoms with E-state index in [9.17, 15) is 4.79 Å². The number of carbonyl (C=O) groups is 1. The van der Waals surface area contributed by atoms with Crippen LogP contribution >= 0.6 is 0 Å². The van der Waals surface area contributed by atoms with Crippen molar-refractivity contribution in [2.24, 2.45) is 5.92 Å². The largest absolute Gasteiger partial charge is 0.352 e. The van der Waals surface area contributed by atoms with E-state index in [0.29, 0.717) is 13.0 Å². The van der Waals surface area contributed by atoms with Crippen molar-refractivity contribution < 1.29 is 4.79 Å². The van der Waals surface area contributed by atoms with Gasteiger partial charge in [-0.05, 0) is 71.1 Å². The number of aromatic nitrogens is 4. The van der Waals surface area contributed by atoms with E-state index < -0.39 is 0 Å². The molecule has 4 rings (SSSR count). The Kier molecular flexibility index (Phi) is 6.49. The van der Waals surface area contributed by atoms with Crippen LogP contribution in [-0.4, -0.2) is 44.1 Å². The third-order valence-electron chi connectivity index (χ3n) is 5.68. The first-order chi connectivity index (χ1) is 14.7. The molecular formula is C23H28N6O. The van der Waals surface area contributed by atoms with Crippen LogP contribution in [0.3, 0.4) is 0 Å². The molecule has 0 saturated carbocycles. The number of hydrogen-bond donors (Lipinski definition) is 1. The Balaban J connectivity index is 1.26. The second-order valence-corrected chi connectivity index (χ2v) is 8.15. The minimum Gasteiger partial charge on any atom is -0.352 e. The van der Waals surface area contributed by atoms with Crippen LogP contribution in [0.1, 0.15) is 36.5 Å². The number of hydrogen-bond acceptors (Lipinski definition) is 5. The van der Waals surface area contributed by atoms with Crippen molar-refractivity contribution in [3.05, 3.63) is 71.5 Å². The van der Waals surface area contributed by atoms with Crippen LogP contribution < -0.4 is 5.32 Å². The molecule has 1 aromatic heterocycles. The van der Waals surface area contributed by atoms with Gasteiger partial charge in [-0.1, -0.05) is 43.3 Å². The van der Waals surface area contributed by atoms with Gasteiger partial charge >= 0.3 is 0 Å². The number of benzene rings is 2. The van der Waals surface area contributed by atoms with Crippen molar-refractivity contribution in [3.63, 3.8) is 0 Å². The molecule has 1 aliphatic heterocycles. The minimum atomic E-state index is 0.0144. The molecule has 7 nitrogen and oxygen atoms in total. The molecule has 1 saturated heterocycles. The Morgan fingerprint density at radius 1 is 1.07 bits per heavy atom. The van der Waals surface area contributed by atoms with Gasteiger partial charge in [0.15, 0.2) is 0 Å². The van der Waals surface area contributed by atoms with E-state index in [1.165, 1.54) is 31.5 Å². The number of amides is 1. The summed E-state index contributed by atoms with van der Waals surface area (Å²) in [4.78, 5) is 14.9. The Bertz CT molecular complexity index is 946. The first kappa shape index (κ1) is 20.2. The molecule has 0 bridgehead atoms. The standard InChI is InChI=1S/C23H28N6O/c1-18-9-11-28(12-10-18)16-21-4-2-3-20(13-21)15-24-23(30)14-19-5-7-22(8-6-19)29-17-25-26-27-29/h2-8,13,17-18H,9-12,14-16H2,1H3,(H,24,30). The SMILES string of the molecule is CC1CCN(Cc2cccc(CNC(=O)Cc3ccc(-n4cnnn4)cc3)c2)CC1. The zero-order valence-corrected chi connectivity index (χ0v) is 17.4. The first-order valence-electron chi connectivity index (χ1n) is 10.5. The number of likely N-dealkylation sites (tertiary alicyclic amines) is 1. The van der Waals surface area contributed by atoms with Crippen LogP contribution in [-0.2, 0) is 24.3 Å². The highest BCUT2D eigenvalue weighted by atomic mass is 16.1. The fourth-order valence-electron chi connectivity index (χ4n) is 3.81. The molecule has 1 aliphatic rings. The summed E-state index contributed by atoms with van der Waals surface area (Å²) in [7, 11) is 0.